The van der Waals surface area contributed by atoms with E-state index < -0.39 is 86.9 Å². The molecule has 0 N–H and O–H groups in total. The van der Waals surface area contributed by atoms with E-state index in [1.807, 2.05) is 146 Å². The maximum atomic E-state index is 12.5. The average molecular weight is 956 g/mol. The van der Waals surface area contributed by atoms with Gasteiger partial charge in [0, 0.05) is 14.0 Å². The monoisotopic (exact) mass is 955 g/mol. The Kier molecular flexibility index (Phi) is 18.1. The van der Waals surface area contributed by atoms with Crippen molar-refractivity contribution in [2.75, 3.05) is 26.9 Å². The van der Waals surface area contributed by atoms with Gasteiger partial charge in [-0.3, -0.25) is 4.79 Å². The fourth-order valence-electron chi connectivity index (χ4n) is 8.39. The van der Waals surface area contributed by atoms with Gasteiger partial charge in [0.15, 0.2) is 12.6 Å². The van der Waals surface area contributed by atoms with Gasteiger partial charge in [-0.1, -0.05) is 182 Å². The highest BCUT2D eigenvalue weighted by Gasteiger charge is 2.52. The first-order valence-electron chi connectivity index (χ1n) is 25.4. The summed E-state index contributed by atoms with van der Waals surface area (Å²) < 4.78 is 100. The lowest BCUT2D eigenvalue weighted by molar-refractivity contribution is -0.346. The largest absolute Gasteiger partial charge is 0.465 e. The van der Waals surface area contributed by atoms with Crippen molar-refractivity contribution in [1.29, 1.82) is 0 Å². The van der Waals surface area contributed by atoms with Crippen molar-refractivity contribution in [2.24, 2.45) is 5.92 Å². The van der Waals surface area contributed by atoms with Crippen LogP contribution in [0.5, 0.6) is 0 Å². The number of esters is 1. The molecule has 0 amide bonds. The van der Waals surface area contributed by atoms with Gasteiger partial charge in [-0.15, -0.1) is 0 Å². The number of ether oxygens (including phenoxy) is 11. The zero-order chi connectivity index (χ0) is 50.8. The van der Waals surface area contributed by atoms with Crippen molar-refractivity contribution in [3.05, 3.63) is 215 Å². The van der Waals surface area contributed by atoms with Crippen LogP contribution < -0.4 is 0 Å². The van der Waals surface area contributed by atoms with Crippen molar-refractivity contribution in [3.63, 3.8) is 0 Å². The van der Waals surface area contributed by atoms with Crippen molar-refractivity contribution >= 4 is 5.97 Å². The summed E-state index contributed by atoms with van der Waals surface area (Å²) in [5, 5.41) is 0. The third-order valence-corrected chi connectivity index (χ3v) is 12.0. The molecule has 8 rings (SSSR count). The lowest BCUT2D eigenvalue weighted by Crippen LogP contribution is -2.63. The molecule has 4 unspecified atom stereocenters. The molecule has 0 saturated carbocycles. The minimum atomic E-state index is -1.26. The van der Waals surface area contributed by atoms with Gasteiger partial charge in [0.2, 0.25) is 0 Å². The fraction of sp³-hybridized carbons (Fsp3) is 0.362. The standard InChI is InChI=1S/C58H64O12/c1-42(59)62-39-49-50(40-61-33-43-21-9-3-10-22-43)69-58(55(66-37-47-29-17-7-18-30-47)52(49)63-34-44-23-11-4-12-24-44)68-41-51-53(64-35-45-25-13-5-14-26-45)54(65-36-46-27-15-6-16-28-46)56(57(60-2)70-51)67-38-48-31-19-8-20-32-48/h3-32,49-58H,33-41H2,1-2H3/t49-,50-,51-,52+,53-,54+,55-,56-,57?,58+/m1/s1/i35D,36D,38D/t35?,36?,38?,49-,50-,51-,52+,53-,54+,55-,56-,57?,58+. The number of benzene rings is 6. The molecule has 0 aliphatic carbocycles. The van der Waals surface area contributed by atoms with Crippen molar-refractivity contribution in [1.82, 2.24) is 0 Å². The maximum Gasteiger partial charge on any atom is 0.302 e. The van der Waals surface area contributed by atoms with Crippen LogP contribution in [0.4, 0.5) is 0 Å². The van der Waals surface area contributed by atoms with Crippen LogP contribution >= 0.6 is 0 Å². The van der Waals surface area contributed by atoms with Crippen LogP contribution in [0.2, 0.25) is 0 Å². The second kappa shape index (κ2) is 27.1. The van der Waals surface area contributed by atoms with Crippen LogP contribution in [0.15, 0.2) is 182 Å². The van der Waals surface area contributed by atoms with E-state index in [0.29, 0.717) is 16.7 Å². The molecule has 2 heterocycles. The molecule has 0 spiro atoms. The number of hydrogen-bond acceptors (Lipinski definition) is 12. The summed E-state index contributed by atoms with van der Waals surface area (Å²) in [4.78, 5) is 12.5. The molecule has 0 bridgehead atoms. The number of methoxy groups -OCH3 is 1. The summed E-state index contributed by atoms with van der Waals surface area (Å²) in [6.07, 6.45) is -9.36. The van der Waals surface area contributed by atoms with E-state index in [0.717, 1.165) is 16.7 Å². The molecule has 6 aromatic rings. The first-order valence-corrected chi connectivity index (χ1v) is 23.6. The molecule has 2 fully saturated rings. The van der Waals surface area contributed by atoms with Crippen molar-refractivity contribution in [3.8, 4) is 0 Å². The predicted octanol–water partition coefficient (Wildman–Crippen LogP) is 9.42. The Morgan fingerprint density at radius 1 is 0.429 bits per heavy atom. The van der Waals surface area contributed by atoms with Crippen LogP contribution in [0, 0.1) is 5.92 Å². The van der Waals surface area contributed by atoms with Crippen LogP contribution in [0.3, 0.4) is 0 Å². The highest BCUT2D eigenvalue weighted by molar-refractivity contribution is 5.65. The van der Waals surface area contributed by atoms with Crippen molar-refractivity contribution in [2.45, 2.75) is 102 Å². The van der Waals surface area contributed by atoms with Crippen LogP contribution in [0.1, 0.15) is 44.4 Å². The minimum Gasteiger partial charge on any atom is -0.465 e. The van der Waals surface area contributed by atoms with Crippen molar-refractivity contribution < 1.29 is 61.0 Å². The molecule has 13 atom stereocenters. The van der Waals surface area contributed by atoms with Gasteiger partial charge >= 0.3 is 5.97 Å². The topological polar surface area (TPSA) is 119 Å². The normalized spacial score (nSPS) is 26.5. The van der Waals surface area contributed by atoms with E-state index in [1.54, 1.807) is 36.4 Å². The number of carbonyl (C=O) groups excluding carboxylic acids is 1. The quantitative estimate of drug-likeness (QED) is 0.0509. The Bertz CT molecular complexity index is 2490. The van der Waals surface area contributed by atoms with Gasteiger partial charge in [0.25, 0.3) is 0 Å². The van der Waals surface area contributed by atoms with Gasteiger partial charge in [-0.2, -0.15) is 0 Å². The first kappa shape index (κ1) is 46.8. The summed E-state index contributed by atoms with van der Waals surface area (Å²) >= 11 is 0. The summed E-state index contributed by atoms with van der Waals surface area (Å²) in [5.41, 5.74) is 4.45. The second-order valence-corrected chi connectivity index (χ2v) is 17.0. The molecule has 2 aliphatic rings. The Labute approximate surface area is 415 Å². The molecule has 2 aliphatic heterocycles. The molecular weight excluding hydrogens is 889 g/mol. The third kappa shape index (κ3) is 15.0. The molecule has 6 aromatic carbocycles. The molecule has 0 radical (unpaired) electrons. The average Bonchev–Trinajstić information content (AvgIpc) is 3.43. The predicted molar refractivity (Wildman–Crippen MR) is 262 cm³/mol. The fourth-order valence-corrected chi connectivity index (χ4v) is 8.39. The van der Waals surface area contributed by atoms with Crippen LogP contribution in [-0.2, 0) is 96.5 Å². The van der Waals surface area contributed by atoms with Crippen LogP contribution in [-0.4, -0.2) is 88.2 Å². The molecule has 2 saturated heterocycles. The summed E-state index contributed by atoms with van der Waals surface area (Å²) in [6.45, 7) is -2.00. The molecular formula is C58H64O12. The first-order chi connectivity index (χ1) is 35.7. The lowest BCUT2D eigenvalue weighted by Gasteiger charge is -2.48. The Hall–Kier alpha value is -5.61. The number of carbonyl (C=O) groups is 1. The molecule has 70 heavy (non-hydrogen) atoms. The number of rotatable bonds is 25. The van der Waals surface area contributed by atoms with E-state index in [4.69, 9.17) is 53.5 Å². The van der Waals surface area contributed by atoms with Gasteiger partial charge in [0.05, 0.1) is 81.6 Å². The SMILES string of the molecule is [2H]C(O[C@H]1[C@H](OC([2H])c2ccccc2)[C@@H](OC([2H])c2ccccc2)C(OC)O[C@@H]1CO[C@H]1O[C@H](COCc2ccccc2)[C@@H](COC(C)=O)[C@H](OCc2ccccc2)[C@H]1OCc1ccccc1)c1ccccc1. The van der Waals surface area contributed by atoms with Gasteiger partial charge in [-0.25, -0.2) is 0 Å². The Balaban J connectivity index is 1.16. The van der Waals surface area contributed by atoms with E-state index in [1.165, 1.54) is 14.0 Å². The zero-order valence-electron chi connectivity index (χ0n) is 42.5. The number of hydrogen-bond donors (Lipinski definition) is 0. The molecule has 368 valence electrons. The third-order valence-electron chi connectivity index (χ3n) is 12.0. The van der Waals surface area contributed by atoms with Gasteiger partial charge in [0.1, 0.15) is 30.5 Å². The maximum absolute atomic E-state index is 12.5. The minimum absolute atomic E-state index is 0.0658. The van der Waals surface area contributed by atoms with E-state index in [-0.39, 0.29) is 39.6 Å². The smallest absolute Gasteiger partial charge is 0.302 e. The highest BCUT2D eigenvalue weighted by atomic mass is 16.7. The lowest BCUT2D eigenvalue weighted by atomic mass is 9.89. The van der Waals surface area contributed by atoms with Gasteiger partial charge in [-0.05, 0) is 33.4 Å². The van der Waals surface area contributed by atoms with E-state index >= 15 is 0 Å². The van der Waals surface area contributed by atoms with E-state index in [9.17, 15) is 7.54 Å². The van der Waals surface area contributed by atoms with Crippen LogP contribution in [0.25, 0.3) is 0 Å². The highest BCUT2D eigenvalue weighted by Crippen LogP contribution is 2.36. The molecule has 12 nitrogen and oxygen atoms in total. The summed E-state index contributed by atoms with van der Waals surface area (Å²) in [5.74, 6) is -1.06. The molecule has 0 aromatic heterocycles. The van der Waals surface area contributed by atoms with Gasteiger partial charge < -0.3 is 52.1 Å². The Morgan fingerprint density at radius 2 is 0.829 bits per heavy atom. The summed E-state index contributed by atoms with van der Waals surface area (Å²) in [6, 6.07) is 56.4. The van der Waals surface area contributed by atoms with E-state index in [2.05, 4.69) is 0 Å². The zero-order valence-corrected chi connectivity index (χ0v) is 39.5. The summed E-state index contributed by atoms with van der Waals surface area (Å²) in [7, 11) is 1.46. The molecule has 12 heteroatoms. The Morgan fingerprint density at radius 3 is 1.30 bits per heavy atom. The second-order valence-electron chi connectivity index (χ2n) is 17.0.